The molecule has 518 valence electrons. The zero-order chi connectivity index (χ0) is 73.1. The number of hydrogen-bond acceptors (Lipinski definition) is 2. The van der Waals surface area contributed by atoms with Crippen LogP contribution in [-0.4, -0.2) is 9.13 Å². The molecule has 0 amide bonds. The van der Waals surface area contributed by atoms with Crippen LogP contribution in [0.4, 0.5) is 34.1 Å². The first-order valence-electron chi connectivity index (χ1n) is 37.8. The number of aromatic nitrogens is 2. The van der Waals surface area contributed by atoms with Crippen LogP contribution < -0.4 is 9.80 Å². The van der Waals surface area contributed by atoms with E-state index in [9.17, 15) is 0 Å². The Labute approximate surface area is 636 Å². The molecule has 109 heavy (non-hydrogen) atoms. The van der Waals surface area contributed by atoms with Gasteiger partial charge in [0.25, 0.3) is 0 Å². The zero-order valence-corrected chi connectivity index (χ0v) is 61.4. The van der Waals surface area contributed by atoms with Gasteiger partial charge in [-0.1, -0.05) is 300 Å². The Morgan fingerprint density at radius 1 is 0.211 bits per heavy atom. The molecule has 0 spiro atoms. The maximum atomic E-state index is 2.41. The Morgan fingerprint density at radius 3 is 0.872 bits per heavy atom. The predicted molar refractivity (Wildman–Crippen MR) is 466 cm³/mol. The largest absolute Gasteiger partial charge is 0.310 e. The molecule has 0 aliphatic rings. The van der Waals surface area contributed by atoms with Crippen molar-refractivity contribution in [2.45, 2.75) is 33.1 Å². The van der Waals surface area contributed by atoms with Crippen LogP contribution in [0.25, 0.3) is 143 Å². The summed E-state index contributed by atoms with van der Waals surface area (Å²) in [5.74, 6) is 0. The van der Waals surface area contributed by atoms with Gasteiger partial charge in [0.05, 0.1) is 22.1 Å². The van der Waals surface area contributed by atoms with Crippen LogP contribution in [0.3, 0.4) is 0 Å². The van der Waals surface area contributed by atoms with Crippen molar-refractivity contribution in [3.8, 4) is 55.9 Å². The molecule has 0 aliphatic heterocycles. The summed E-state index contributed by atoms with van der Waals surface area (Å²) in [4.78, 5) is 4.67. The van der Waals surface area contributed by atoms with Crippen molar-refractivity contribution in [2.75, 3.05) is 9.80 Å². The highest BCUT2D eigenvalue weighted by molar-refractivity contribution is 6.23. The Bertz CT molecular complexity index is 6610. The minimum absolute atomic E-state index is 0.0621. The molecule has 0 radical (unpaired) electrons. The number of para-hydroxylation sites is 6. The van der Waals surface area contributed by atoms with Gasteiger partial charge in [-0.05, 0) is 232 Å². The molecule has 4 nitrogen and oxygen atoms in total. The molecule has 20 rings (SSSR count). The predicted octanol–water partition coefficient (Wildman–Crippen LogP) is 29.4. The first-order chi connectivity index (χ1) is 53.7. The standard InChI is InChI=1S/C54H42N2.C51H36N2/c1-54(2,3)39-18-16-17-38(35-39)53-47-26-12-10-24-45(47)52(46-25-11-13-27-48(46)53)37-29-31-42(32-30-37)56-50-28-15-14-23-44(50)49-36-43(33-34-51(49)56)55(40-19-6-4-7-20-40)41-21-8-5-9-22-41;1-35-16-8-9-21-41(35)51-45-25-12-10-23-43(45)50(44-24-11-13-26-46(44)51)36-28-30-39(31-29-36)53-48-27-15-14-22-42(48)47-34-40(32-33-49(47)53)52(37-17-4-2-5-18-37)38-19-6-3-7-20-38/h4-36H,1-3H3;2-34H,1H3. The molecule has 0 saturated heterocycles. The summed E-state index contributed by atoms with van der Waals surface area (Å²) in [5.41, 5.74) is 26.6. The van der Waals surface area contributed by atoms with Gasteiger partial charge < -0.3 is 18.9 Å². The van der Waals surface area contributed by atoms with E-state index in [0.29, 0.717) is 0 Å². The Hall–Kier alpha value is -13.8. The fourth-order valence-corrected chi connectivity index (χ4v) is 17.0. The van der Waals surface area contributed by atoms with Crippen molar-refractivity contribution >= 4 is 121 Å². The molecule has 0 fully saturated rings. The molecule has 4 heteroatoms. The number of fused-ring (bicyclic) bond motifs is 10. The van der Waals surface area contributed by atoms with E-state index in [-0.39, 0.29) is 5.41 Å². The van der Waals surface area contributed by atoms with E-state index < -0.39 is 0 Å². The van der Waals surface area contributed by atoms with Gasteiger partial charge >= 0.3 is 0 Å². The van der Waals surface area contributed by atoms with Crippen LogP contribution in [0.15, 0.2) is 400 Å². The number of nitrogens with zero attached hydrogens (tertiary/aromatic N) is 4. The molecular formula is C105H78N4. The quantitative estimate of drug-likeness (QED) is 0.113. The summed E-state index contributed by atoms with van der Waals surface area (Å²) in [6, 6.07) is 146. The molecule has 18 aromatic carbocycles. The lowest BCUT2D eigenvalue weighted by atomic mass is 9.82. The van der Waals surface area contributed by atoms with Gasteiger partial charge in [0.1, 0.15) is 0 Å². The van der Waals surface area contributed by atoms with E-state index in [0.717, 1.165) is 45.5 Å². The highest BCUT2D eigenvalue weighted by Gasteiger charge is 2.24. The van der Waals surface area contributed by atoms with E-state index in [1.54, 1.807) is 0 Å². The van der Waals surface area contributed by atoms with Crippen LogP contribution in [0.5, 0.6) is 0 Å². The van der Waals surface area contributed by atoms with Gasteiger partial charge in [-0.25, -0.2) is 0 Å². The number of benzene rings is 18. The number of hydrogen-bond donors (Lipinski definition) is 0. The average molecular weight is 1400 g/mol. The van der Waals surface area contributed by atoms with Gasteiger partial charge in [0.15, 0.2) is 0 Å². The van der Waals surface area contributed by atoms with Crippen LogP contribution >= 0.6 is 0 Å². The minimum Gasteiger partial charge on any atom is -0.310 e. The second kappa shape index (κ2) is 27.6. The molecule has 0 atom stereocenters. The lowest BCUT2D eigenvalue weighted by molar-refractivity contribution is 0.590. The zero-order valence-electron chi connectivity index (χ0n) is 61.4. The molecule has 0 bridgehead atoms. The van der Waals surface area contributed by atoms with E-state index in [4.69, 9.17) is 0 Å². The van der Waals surface area contributed by atoms with Crippen molar-refractivity contribution in [1.29, 1.82) is 0 Å². The Kier molecular flexibility index (Phi) is 16.7. The van der Waals surface area contributed by atoms with Gasteiger partial charge in [-0.2, -0.15) is 0 Å². The molecule has 20 aromatic rings. The molecule has 0 unspecified atom stereocenters. The topological polar surface area (TPSA) is 16.3 Å². The number of aryl methyl sites for hydroxylation is 1. The average Bonchev–Trinajstić information content (AvgIpc) is 1.14. The van der Waals surface area contributed by atoms with Crippen molar-refractivity contribution in [3.63, 3.8) is 0 Å². The first-order valence-corrected chi connectivity index (χ1v) is 37.8. The molecule has 0 saturated carbocycles. The summed E-state index contributed by atoms with van der Waals surface area (Å²) in [7, 11) is 0. The van der Waals surface area contributed by atoms with Gasteiger partial charge in [0.2, 0.25) is 0 Å². The minimum atomic E-state index is 0.0621. The van der Waals surface area contributed by atoms with Crippen molar-refractivity contribution in [2.24, 2.45) is 0 Å². The summed E-state index contributed by atoms with van der Waals surface area (Å²) in [6.07, 6.45) is 0. The summed E-state index contributed by atoms with van der Waals surface area (Å²) in [5, 5.41) is 15.1. The molecule has 0 aliphatic carbocycles. The molecule has 0 N–H and O–H groups in total. The third-order valence-electron chi connectivity index (χ3n) is 22.0. The van der Waals surface area contributed by atoms with Crippen LogP contribution in [0, 0.1) is 6.92 Å². The molecule has 2 aromatic heterocycles. The SMILES string of the molecule is CC(C)(C)c1cccc(-c2c3ccccc3c(-c3ccc(-n4c5ccccc5c5cc(N(c6ccccc6)c6ccccc6)ccc54)cc3)c3ccccc23)c1.Cc1ccccc1-c1c2ccccc2c(-c2ccc(-n3c4ccccc4c4cc(N(c5ccccc5)c5ccccc5)ccc43)cc2)c2ccccc12. The lowest BCUT2D eigenvalue weighted by Crippen LogP contribution is -2.10. The summed E-state index contributed by atoms with van der Waals surface area (Å²) < 4.78 is 4.82. The maximum absolute atomic E-state index is 2.41. The van der Waals surface area contributed by atoms with E-state index in [1.807, 2.05) is 0 Å². The van der Waals surface area contributed by atoms with E-state index in [1.165, 1.54) is 142 Å². The highest BCUT2D eigenvalue weighted by Crippen LogP contribution is 2.49. The van der Waals surface area contributed by atoms with Gasteiger partial charge in [-0.3, -0.25) is 0 Å². The van der Waals surface area contributed by atoms with Crippen LogP contribution in [-0.2, 0) is 5.41 Å². The molecule has 2 heterocycles. The first kappa shape index (κ1) is 65.9. The Balaban J connectivity index is 0.000000148. The fourth-order valence-electron chi connectivity index (χ4n) is 17.0. The van der Waals surface area contributed by atoms with E-state index in [2.05, 4.69) is 447 Å². The number of anilines is 6. The van der Waals surface area contributed by atoms with Gasteiger partial charge in [0, 0.05) is 67.0 Å². The van der Waals surface area contributed by atoms with Crippen molar-refractivity contribution in [1.82, 2.24) is 9.13 Å². The second-order valence-corrected chi connectivity index (χ2v) is 29.5. The van der Waals surface area contributed by atoms with E-state index >= 15 is 0 Å². The number of rotatable bonds is 12. The third-order valence-corrected chi connectivity index (χ3v) is 22.0. The van der Waals surface area contributed by atoms with Gasteiger partial charge in [-0.15, -0.1) is 0 Å². The lowest BCUT2D eigenvalue weighted by Gasteiger charge is -2.25. The van der Waals surface area contributed by atoms with Crippen molar-refractivity contribution < 1.29 is 0 Å². The normalized spacial score (nSPS) is 11.7. The smallest absolute Gasteiger partial charge is 0.0542 e. The molecular weight excluding hydrogens is 1320 g/mol. The maximum Gasteiger partial charge on any atom is 0.0542 e. The highest BCUT2D eigenvalue weighted by atomic mass is 15.1. The second-order valence-electron chi connectivity index (χ2n) is 29.5. The van der Waals surface area contributed by atoms with Crippen LogP contribution in [0.2, 0.25) is 0 Å². The monoisotopic (exact) mass is 1390 g/mol. The van der Waals surface area contributed by atoms with Crippen LogP contribution in [0.1, 0.15) is 31.9 Å². The fraction of sp³-hybridized carbons (Fsp3) is 0.0476. The van der Waals surface area contributed by atoms with Crippen molar-refractivity contribution in [3.05, 3.63) is 412 Å². The summed E-state index contributed by atoms with van der Waals surface area (Å²) >= 11 is 0. The Morgan fingerprint density at radius 2 is 0.514 bits per heavy atom. The summed E-state index contributed by atoms with van der Waals surface area (Å²) in [6.45, 7) is 9.08. The third kappa shape index (κ3) is 11.7.